The van der Waals surface area contributed by atoms with Gasteiger partial charge in [-0.3, -0.25) is 4.79 Å². The van der Waals surface area contributed by atoms with Gasteiger partial charge in [0.2, 0.25) is 0 Å². The van der Waals surface area contributed by atoms with E-state index in [1.165, 1.54) is 0 Å². The van der Waals surface area contributed by atoms with Crippen LogP contribution in [0.25, 0.3) is 11.1 Å². The number of anilines is 1. The zero-order valence-electron chi connectivity index (χ0n) is 13.6. The van der Waals surface area contributed by atoms with Crippen molar-refractivity contribution in [2.75, 3.05) is 18.9 Å². The van der Waals surface area contributed by atoms with Crippen molar-refractivity contribution in [2.45, 2.75) is 13.8 Å². The number of nitrogens with zero attached hydrogens (tertiary/aromatic N) is 2. The third-order valence-electron chi connectivity index (χ3n) is 3.35. The molecule has 128 valence electrons. The first-order valence-corrected chi connectivity index (χ1v) is 8.23. The number of benzene rings is 1. The molecule has 7 nitrogen and oxygen atoms in total. The SMILES string of the molecule is CCOc1cc(-c2c(C#N)c(N)[nH]c(=O)c2C#N)cc(Br)c1OCC. The molecule has 1 heterocycles. The van der Waals surface area contributed by atoms with Gasteiger partial charge < -0.3 is 20.2 Å². The topological polar surface area (TPSA) is 125 Å². The van der Waals surface area contributed by atoms with Crippen LogP contribution in [-0.2, 0) is 0 Å². The van der Waals surface area contributed by atoms with Crippen molar-refractivity contribution in [1.29, 1.82) is 10.5 Å². The third-order valence-corrected chi connectivity index (χ3v) is 3.94. The molecule has 1 aromatic heterocycles. The minimum atomic E-state index is -0.656. The summed E-state index contributed by atoms with van der Waals surface area (Å²) in [5.74, 6) is 0.841. The minimum Gasteiger partial charge on any atom is -0.490 e. The highest BCUT2D eigenvalue weighted by molar-refractivity contribution is 9.10. The second kappa shape index (κ2) is 7.73. The number of hydrogen-bond acceptors (Lipinski definition) is 6. The Hall–Kier alpha value is -2.97. The summed E-state index contributed by atoms with van der Waals surface area (Å²) in [5, 5.41) is 18.8. The van der Waals surface area contributed by atoms with Crippen LogP contribution in [0.4, 0.5) is 5.82 Å². The molecule has 0 aliphatic rings. The van der Waals surface area contributed by atoms with Gasteiger partial charge in [-0.25, -0.2) is 0 Å². The van der Waals surface area contributed by atoms with E-state index in [9.17, 15) is 15.3 Å². The van der Waals surface area contributed by atoms with E-state index >= 15 is 0 Å². The van der Waals surface area contributed by atoms with E-state index in [0.717, 1.165) is 0 Å². The summed E-state index contributed by atoms with van der Waals surface area (Å²) in [4.78, 5) is 14.4. The van der Waals surface area contributed by atoms with Crippen LogP contribution in [0.2, 0.25) is 0 Å². The quantitative estimate of drug-likeness (QED) is 0.791. The van der Waals surface area contributed by atoms with Crippen molar-refractivity contribution in [3.63, 3.8) is 0 Å². The number of H-pyrrole nitrogens is 1. The lowest BCUT2D eigenvalue weighted by Gasteiger charge is -2.16. The zero-order chi connectivity index (χ0) is 18.6. The number of pyridine rings is 1. The number of halogens is 1. The fourth-order valence-corrected chi connectivity index (χ4v) is 2.95. The lowest BCUT2D eigenvalue weighted by Crippen LogP contribution is -2.16. The average molecular weight is 403 g/mol. The molecule has 8 heteroatoms. The van der Waals surface area contributed by atoms with E-state index in [4.69, 9.17) is 15.2 Å². The molecular formula is C17H15BrN4O3. The Morgan fingerprint density at radius 3 is 2.36 bits per heavy atom. The van der Waals surface area contributed by atoms with Crippen molar-refractivity contribution in [3.8, 4) is 34.8 Å². The lowest BCUT2D eigenvalue weighted by molar-refractivity contribution is 0.286. The van der Waals surface area contributed by atoms with E-state index in [-0.39, 0.29) is 22.5 Å². The van der Waals surface area contributed by atoms with Crippen LogP contribution >= 0.6 is 15.9 Å². The molecule has 0 spiro atoms. The van der Waals surface area contributed by atoms with Gasteiger partial charge in [0, 0.05) is 5.56 Å². The molecule has 0 unspecified atom stereocenters. The molecule has 0 aliphatic heterocycles. The highest BCUT2D eigenvalue weighted by atomic mass is 79.9. The highest BCUT2D eigenvalue weighted by Crippen LogP contribution is 2.41. The Kier molecular flexibility index (Phi) is 5.68. The highest BCUT2D eigenvalue weighted by Gasteiger charge is 2.21. The molecule has 0 fully saturated rings. The maximum absolute atomic E-state index is 12.1. The fourth-order valence-electron chi connectivity index (χ4n) is 2.39. The summed E-state index contributed by atoms with van der Waals surface area (Å²) in [5.41, 5.74) is 5.54. The van der Waals surface area contributed by atoms with Gasteiger partial charge in [0.05, 0.1) is 17.7 Å². The third kappa shape index (κ3) is 3.44. The molecule has 1 aromatic carbocycles. The first-order chi connectivity index (χ1) is 12.0. The zero-order valence-corrected chi connectivity index (χ0v) is 15.2. The smallest absolute Gasteiger partial charge is 0.268 e. The summed E-state index contributed by atoms with van der Waals surface area (Å²) in [6.45, 7) is 4.49. The van der Waals surface area contributed by atoms with Gasteiger partial charge in [-0.05, 0) is 47.5 Å². The van der Waals surface area contributed by atoms with E-state index in [2.05, 4.69) is 20.9 Å². The van der Waals surface area contributed by atoms with Crippen LogP contribution in [0.3, 0.4) is 0 Å². The number of nitrogens with one attached hydrogen (secondary N) is 1. The normalized spacial score (nSPS) is 9.96. The summed E-state index contributed by atoms with van der Waals surface area (Å²) in [7, 11) is 0. The number of nitrogen functional groups attached to an aromatic ring is 1. The van der Waals surface area contributed by atoms with Crippen molar-refractivity contribution in [1.82, 2.24) is 4.98 Å². The molecule has 0 amide bonds. The van der Waals surface area contributed by atoms with Gasteiger partial charge in [0.25, 0.3) is 5.56 Å². The van der Waals surface area contributed by atoms with Gasteiger partial charge in [0.15, 0.2) is 11.5 Å². The van der Waals surface area contributed by atoms with Crippen LogP contribution in [-0.4, -0.2) is 18.2 Å². The Balaban J connectivity index is 2.86. The Bertz CT molecular complexity index is 954. The van der Waals surface area contributed by atoms with E-state index in [1.54, 1.807) is 12.1 Å². The lowest BCUT2D eigenvalue weighted by atomic mass is 9.96. The van der Waals surface area contributed by atoms with E-state index in [0.29, 0.717) is 34.7 Å². The maximum Gasteiger partial charge on any atom is 0.268 e. The fraction of sp³-hybridized carbons (Fsp3) is 0.235. The van der Waals surface area contributed by atoms with Crippen LogP contribution in [0, 0.1) is 22.7 Å². The Morgan fingerprint density at radius 1 is 1.16 bits per heavy atom. The number of ether oxygens (including phenoxy) is 2. The Labute approximate surface area is 152 Å². The van der Waals surface area contributed by atoms with Gasteiger partial charge in [-0.2, -0.15) is 10.5 Å². The number of rotatable bonds is 5. The first kappa shape index (κ1) is 18.4. The van der Waals surface area contributed by atoms with Crippen LogP contribution in [0.15, 0.2) is 21.4 Å². The molecule has 0 aliphatic carbocycles. The predicted molar refractivity (Wildman–Crippen MR) is 96.4 cm³/mol. The Morgan fingerprint density at radius 2 is 1.80 bits per heavy atom. The van der Waals surface area contributed by atoms with E-state index < -0.39 is 5.56 Å². The monoisotopic (exact) mass is 402 g/mol. The number of aromatic nitrogens is 1. The van der Waals surface area contributed by atoms with Crippen molar-refractivity contribution >= 4 is 21.7 Å². The number of aromatic amines is 1. The predicted octanol–water partition coefficient (Wildman–Crippen LogP) is 2.93. The molecule has 25 heavy (non-hydrogen) atoms. The molecule has 0 saturated carbocycles. The van der Waals surface area contributed by atoms with Gasteiger partial charge in [0.1, 0.15) is 29.1 Å². The second-order valence-corrected chi connectivity index (χ2v) is 5.72. The first-order valence-electron chi connectivity index (χ1n) is 7.43. The molecule has 3 N–H and O–H groups in total. The number of nitrogens with two attached hydrogens (primary N) is 1. The van der Waals surface area contributed by atoms with Crippen LogP contribution in [0.5, 0.6) is 11.5 Å². The molecule has 0 atom stereocenters. The van der Waals surface area contributed by atoms with Crippen molar-refractivity contribution in [2.24, 2.45) is 0 Å². The molecule has 0 bridgehead atoms. The minimum absolute atomic E-state index is 0.0228. The number of nitriles is 2. The molecule has 2 aromatic rings. The molecule has 0 saturated heterocycles. The van der Waals surface area contributed by atoms with Gasteiger partial charge >= 0.3 is 0 Å². The summed E-state index contributed by atoms with van der Waals surface area (Å²) >= 11 is 3.41. The van der Waals surface area contributed by atoms with Gasteiger partial charge in [-0.15, -0.1) is 0 Å². The summed E-state index contributed by atoms with van der Waals surface area (Å²) in [6.07, 6.45) is 0. The second-order valence-electron chi connectivity index (χ2n) is 4.87. The number of hydrogen-bond donors (Lipinski definition) is 2. The van der Waals surface area contributed by atoms with Crippen molar-refractivity contribution < 1.29 is 9.47 Å². The van der Waals surface area contributed by atoms with Crippen LogP contribution < -0.4 is 20.8 Å². The molecular weight excluding hydrogens is 388 g/mol. The summed E-state index contributed by atoms with van der Waals surface area (Å²) < 4.78 is 11.8. The van der Waals surface area contributed by atoms with Crippen molar-refractivity contribution in [3.05, 3.63) is 38.1 Å². The molecule has 0 radical (unpaired) electrons. The summed E-state index contributed by atoms with van der Waals surface area (Å²) in [6, 6.07) is 7.05. The standard InChI is InChI=1S/C17H15BrN4O3/c1-3-24-13-6-9(5-12(18)15(13)25-4-2)14-10(7-19)16(21)22-17(23)11(14)8-20/h5-6H,3-4H2,1-2H3,(H3,21,22,23). The average Bonchev–Trinajstić information content (AvgIpc) is 2.57. The largest absolute Gasteiger partial charge is 0.490 e. The van der Waals surface area contributed by atoms with Crippen LogP contribution in [0.1, 0.15) is 25.0 Å². The van der Waals surface area contributed by atoms with E-state index in [1.807, 2.05) is 26.0 Å². The maximum atomic E-state index is 12.1. The van der Waals surface area contributed by atoms with Gasteiger partial charge in [-0.1, -0.05) is 0 Å². The molecule has 2 rings (SSSR count).